The molecule has 0 atom stereocenters. The fraction of sp³-hybridized carbons (Fsp3) is 0.263. The lowest BCUT2D eigenvalue weighted by atomic mass is 10.2. The van der Waals surface area contributed by atoms with Gasteiger partial charge in [0.1, 0.15) is 23.3 Å². The van der Waals surface area contributed by atoms with Crippen LogP contribution < -0.4 is 15.5 Å². The third-order valence-electron chi connectivity index (χ3n) is 3.14. The number of benzene rings is 1. The number of aliphatic imine (C=N–C) groups is 1. The van der Waals surface area contributed by atoms with Crippen LogP contribution in [0.3, 0.4) is 0 Å². The number of carbonyl (C=O) groups excluding carboxylic acids is 1. The first-order chi connectivity index (χ1) is 13.0. The lowest BCUT2D eigenvalue weighted by molar-refractivity contribution is -0.145. The molecule has 1 aromatic carbocycles. The van der Waals surface area contributed by atoms with Gasteiger partial charge in [-0.25, -0.2) is 9.98 Å². The Morgan fingerprint density at radius 2 is 2.04 bits per heavy atom. The number of hydrogen-bond donors (Lipinski definition) is 2. The molecule has 0 aliphatic heterocycles. The minimum absolute atomic E-state index is 0.0322. The molecule has 0 aliphatic rings. The Bertz CT molecular complexity index is 858. The molecule has 0 bridgehead atoms. The summed E-state index contributed by atoms with van der Waals surface area (Å²) in [6.07, 6.45) is 0.0322. The standard InChI is InChI=1S/C19H21N5O3/c1-13(2)26-17-9-5-4-7-15(17)12-21-19(24-27-14(3)25)23-18-10-6-8-16(11-20)22-18/h4-10,13H,12H2,1-3H3,(H2,21,22,23,24). The molecule has 27 heavy (non-hydrogen) atoms. The molecule has 0 unspecified atom stereocenters. The Balaban J connectivity index is 2.20. The maximum absolute atomic E-state index is 11.1. The predicted octanol–water partition coefficient (Wildman–Crippen LogP) is 2.78. The van der Waals surface area contributed by atoms with Gasteiger partial charge in [0, 0.05) is 12.5 Å². The number of para-hydroxylation sites is 1. The molecule has 2 rings (SSSR count). The highest BCUT2D eigenvalue weighted by Gasteiger charge is 2.08. The molecule has 0 saturated heterocycles. The highest BCUT2D eigenvalue weighted by atomic mass is 16.7. The molecule has 0 spiro atoms. The quantitative estimate of drug-likeness (QED) is 0.475. The van der Waals surface area contributed by atoms with E-state index < -0.39 is 5.97 Å². The molecule has 1 heterocycles. The van der Waals surface area contributed by atoms with Gasteiger partial charge < -0.3 is 14.9 Å². The highest BCUT2D eigenvalue weighted by Crippen LogP contribution is 2.20. The normalized spacial score (nSPS) is 10.9. The summed E-state index contributed by atoms with van der Waals surface area (Å²) in [5, 5.41) is 11.9. The zero-order chi connectivity index (χ0) is 19.6. The molecule has 0 aliphatic carbocycles. The Hall–Kier alpha value is -3.60. The number of pyridine rings is 1. The molecule has 0 fully saturated rings. The van der Waals surface area contributed by atoms with E-state index in [2.05, 4.69) is 20.8 Å². The number of nitriles is 1. The van der Waals surface area contributed by atoms with Crippen LogP contribution in [0.4, 0.5) is 5.82 Å². The van der Waals surface area contributed by atoms with Crippen LogP contribution in [0.25, 0.3) is 0 Å². The van der Waals surface area contributed by atoms with E-state index in [-0.39, 0.29) is 24.3 Å². The number of guanidine groups is 1. The molecular formula is C19H21N5O3. The summed E-state index contributed by atoms with van der Waals surface area (Å²) in [5.41, 5.74) is 3.58. The summed E-state index contributed by atoms with van der Waals surface area (Å²) in [7, 11) is 0. The molecule has 8 nitrogen and oxygen atoms in total. The number of ether oxygens (including phenoxy) is 1. The van der Waals surface area contributed by atoms with Crippen LogP contribution in [0.5, 0.6) is 5.75 Å². The van der Waals surface area contributed by atoms with E-state index in [0.29, 0.717) is 5.82 Å². The van der Waals surface area contributed by atoms with E-state index in [4.69, 9.17) is 14.8 Å². The Kier molecular flexibility index (Phi) is 7.14. The second-order valence-electron chi connectivity index (χ2n) is 5.78. The van der Waals surface area contributed by atoms with Gasteiger partial charge in [-0.1, -0.05) is 24.3 Å². The van der Waals surface area contributed by atoms with E-state index in [1.165, 1.54) is 6.92 Å². The molecule has 140 valence electrons. The number of nitrogens with zero attached hydrogens (tertiary/aromatic N) is 3. The van der Waals surface area contributed by atoms with Gasteiger partial charge in [0.25, 0.3) is 0 Å². The molecule has 2 N–H and O–H groups in total. The fourth-order valence-corrected chi connectivity index (χ4v) is 2.07. The maximum atomic E-state index is 11.1. The van der Waals surface area contributed by atoms with E-state index in [0.717, 1.165) is 11.3 Å². The van der Waals surface area contributed by atoms with Crippen molar-refractivity contribution in [2.75, 3.05) is 5.32 Å². The van der Waals surface area contributed by atoms with Gasteiger partial charge in [0.2, 0.25) is 5.96 Å². The van der Waals surface area contributed by atoms with Crippen molar-refractivity contribution >= 4 is 17.7 Å². The number of aromatic nitrogens is 1. The van der Waals surface area contributed by atoms with Crippen LogP contribution in [0.15, 0.2) is 47.5 Å². The highest BCUT2D eigenvalue weighted by molar-refractivity contribution is 5.92. The second-order valence-corrected chi connectivity index (χ2v) is 5.78. The molecule has 0 amide bonds. The van der Waals surface area contributed by atoms with Crippen molar-refractivity contribution in [2.45, 2.75) is 33.4 Å². The van der Waals surface area contributed by atoms with Gasteiger partial charge in [-0.05, 0) is 32.0 Å². The van der Waals surface area contributed by atoms with Gasteiger partial charge in [-0.2, -0.15) is 10.7 Å². The molecule has 2 aromatic rings. The van der Waals surface area contributed by atoms with Crippen LogP contribution in [0.1, 0.15) is 32.0 Å². The fourth-order valence-electron chi connectivity index (χ4n) is 2.07. The smallest absolute Gasteiger partial charge is 0.329 e. The average molecular weight is 367 g/mol. The summed E-state index contributed by atoms with van der Waals surface area (Å²) >= 11 is 0. The van der Waals surface area contributed by atoms with Crippen molar-refractivity contribution in [3.05, 3.63) is 53.7 Å². The lowest BCUT2D eigenvalue weighted by Gasteiger charge is -2.14. The first-order valence-electron chi connectivity index (χ1n) is 8.34. The van der Waals surface area contributed by atoms with Crippen molar-refractivity contribution in [3.63, 3.8) is 0 Å². The number of rotatable bonds is 5. The Labute approximate surface area is 157 Å². The van der Waals surface area contributed by atoms with E-state index in [9.17, 15) is 4.79 Å². The van der Waals surface area contributed by atoms with Crippen molar-refractivity contribution in [3.8, 4) is 11.8 Å². The maximum Gasteiger partial charge on any atom is 0.329 e. The first kappa shape index (κ1) is 19.7. The minimum atomic E-state index is -0.522. The number of carbonyl (C=O) groups is 1. The van der Waals surface area contributed by atoms with E-state index >= 15 is 0 Å². The topological polar surface area (TPSA) is 109 Å². The zero-order valence-electron chi connectivity index (χ0n) is 15.4. The van der Waals surface area contributed by atoms with Crippen molar-refractivity contribution in [1.29, 1.82) is 5.26 Å². The van der Waals surface area contributed by atoms with Gasteiger partial charge in [-0.3, -0.25) is 4.79 Å². The van der Waals surface area contributed by atoms with E-state index in [1.54, 1.807) is 18.2 Å². The Morgan fingerprint density at radius 3 is 2.74 bits per heavy atom. The van der Waals surface area contributed by atoms with Crippen LogP contribution in [-0.2, 0) is 16.2 Å². The summed E-state index contributed by atoms with van der Waals surface area (Å²) in [5.74, 6) is 0.769. The van der Waals surface area contributed by atoms with Crippen molar-refractivity contribution in [1.82, 2.24) is 10.5 Å². The predicted molar refractivity (Wildman–Crippen MR) is 101 cm³/mol. The van der Waals surface area contributed by atoms with Crippen LogP contribution in [0.2, 0.25) is 0 Å². The monoisotopic (exact) mass is 367 g/mol. The van der Waals surface area contributed by atoms with Crippen LogP contribution in [-0.4, -0.2) is 23.0 Å². The summed E-state index contributed by atoms with van der Waals surface area (Å²) < 4.78 is 5.78. The average Bonchev–Trinajstić information content (AvgIpc) is 2.64. The number of hydrogen-bond acceptors (Lipinski definition) is 6. The molecule has 1 aromatic heterocycles. The number of anilines is 1. The van der Waals surface area contributed by atoms with Crippen LogP contribution >= 0.6 is 0 Å². The van der Waals surface area contributed by atoms with Crippen molar-refractivity contribution < 1.29 is 14.4 Å². The summed E-state index contributed by atoms with van der Waals surface area (Å²) in [6.45, 7) is 5.44. The SMILES string of the molecule is CC(=O)ONC(=NCc1ccccc1OC(C)C)Nc1cccc(C#N)n1. The molecule has 0 radical (unpaired) electrons. The number of nitrogens with one attached hydrogen (secondary N) is 2. The molecule has 0 saturated carbocycles. The Morgan fingerprint density at radius 1 is 1.26 bits per heavy atom. The number of hydroxylamine groups is 1. The van der Waals surface area contributed by atoms with Gasteiger partial charge >= 0.3 is 5.97 Å². The third-order valence-corrected chi connectivity index (χ3v) is 3.14. The van der Waals surface area contributed by atoms with Crippen LogP contribution in [0, 0.1) is 11.3 Å². The molecular weight excluding hydrogens is 346 g/mol. The third kappa shape index (κ3) is 6.66. The minimum Gasteiger partial charge on any atom is -0.491 e. The largest absolute Gasteiger partial charge is 0.491 e. The van der Waals surface area contributed by atoms with Gasteiger partial charge in [0.05, 0.1) is 12.6 Å². The van der Waals surface area contributed by atoms with Gasteiger partial charge in [0.15, 0.2) is 0 Å². The first-order valence-corrected chi connectivity index (χ1v) is 8.34. The summed E-state index contributed by atoms with van der Waals surface area (Å²) in [6, 6.07) is 14.4. The summed E-state index contributed by atoms with van der Waals surface area (Å²) in [4.78, 5) is 24.4. The zero-order valence-corrected chi connectivity index (χ0v) is 15.4. The molecule has 8 heteroatoms. The van der Waals surface area contributed by atoms with Crippen molar-refractivity contribution in [2.24, 2.45) is 4.99 Å². The van der Waals surface area contributed by atoms with E-state index in [1.807, 2.05) is 44.2 Å². The lowest BCUT2D eigenvalue weighted by Crippen LogP contribution is -2.32. The second kappa shape index (κ2) is 9.77. The van der Waals surface area contributed by atoms with Gasteiger partial charge in [-0.15, -0.1) is 0 Å².